The highest BCUT2D eigenvalue weighted by Crippen LogP contribution is 2.46. The minimum atomic E-state index is 0.399. The van der Waals surface area contributed by atoms with Gasteiger partial charge in [-0.05, 0) is 56.2 Å². The maximum Gasteiger partial charge on any atom is 0.123 e. The quantitative estimate of drug-likeness (QED) is 0.795. The van der Waals surface area contributed by atoms with E-state index in [0.29, 0.717) is 11.5 Å². The van der Waals surface area contributed by atoms with E-state index in [1.165, 1.54) is 49.8 Å². The van der Waals surface area contributed by atoms with Crippen molar-refractivity contribution in [3.8, 4) is 5.75 Å². The molecule has 1 aromatic carbocycles. The van der Waals surface area contributed by atoms with Crippen molar-refractivity contribution in [3.63, 3.8) is 0 Å². The first-order valence-corrected chi connectivity index (χ1v) is 8.18. The van der Waals surface area contributed by atoms with Crippen LogP contribution in [0.5, 0.6) is 5.75 Å². The van der Waals surface area contributed by atoms with Crippen LogP contribution in [0.1, 0.15) is 50.2 Å². The predicted molar refractivity (Wildman–Crippen MR) is 83.4 cm³/mol. The Labute approximate surface area is 122 Å². The average Bonchev–Trinajstić information content (AvgIpc) is 2.77. The summed E-state index contributed by atoms with van der Waals surface area (Å²) in [5.74, 6) is 1.12. The highest BCUT2D eigenvalue weighted by Gasteiger charge is 2.40. The molecule has 3 rings (SSSR count). The molecule has 2 heteroatoms. The van der Waals surface area contributed by atoms with Gasteiger partial charge in [0, 0.05) is 13.0 Å². The summed E-state index contributed by atoms with van der Waals surface area (Å²) < 4.78 is 6.17. The summed E-state index contributed by atoms with van der Waals surface area (Å²) in [6.07, 6.45) is 8.09. The van der Waals surface area contributed by atoms with E-state index < -0.39 is 0 Å². The van der Waals surface area contributed by atoms with Crippen LogP contribution in [-0.4, -0.2) is 19.2 Å². The van der Waals surface area contributed by atoms with E-state index >= 15 is 0 Å². The van der Waals surface area contributed by atoms with Gasteiger partial charge in [0.05, 0.1) is 0 Å². The number of hydrogen-bond acceptors (Lipinski definition) is 2. The van der Waals surface area contributed by atoms with Crippen LogP contribution in [-0.2, 0) is 6.42 Å². The second-order valence-corrected chi connectivity index (χ2v) is 6.79. The highest BCUT2D eigenvalue weighted by molar-refractivity contribution is 5.40. The molecular formula is C18H27NO. The van der Waals surface area contributed by atoms with Crippen LogP contribution in [0.4, 0.5) is 0 Å². The van der Waals surface area contributed by atoms with Crippen molar-refractivity contribution in [2.45, 2.75) is 58.5 Å². The lowest BCUT2D eigenvalue weighted by molar-refractivity contribution is 0.0610. The van der Waals surface area contributed by atoms with Crippen LogP contribution in [0.15, 0.2) is 18.2 Å². The number of rotatable bonds is 6. The van der Waals surface area contributed by atoms with Crippen molar-refractivity contribution in [2.75, 3.05) is 13.1 Å². The van der Waals surface area contributed by atoms with E-state index in [0.717, 1.165) is 18.7 Å². The van der Waals surface area contributed by atoms with E-state index in [9.17, 15) is 0 Å². The van der Waals surface area contributed by atoms with Crippen molar-refractivity contribution in [1.29, 1.82) is 0 Å². The summed E-state index contributed by atoms with van der Waals surface area (Å²) in [6, 6.07) is 6.59. The molecule has 1 N–H and O–H groups in total. The Kier molecular flexibility index (Phi) is 4.02. The fourth-order valence-electron chi connectivity index (χ4n) is 3.71. The zero-order chi connectivity index (χ0) is 14.0. The highest BCUT2D eigenvalue weighted by atomic mass is 16.5. The van der Waals surface area contributed by atoms with Crippen molar-refractivity contribution >= 4 is 0 Å². The Hall–Kier alpha value is -1.02. The van der Waals surface area contributed by atoms with Crippen molar-refractivity contribution in [2.24, 2.45) is 5.41 Å². The van der Waals surface area contributed by atoms with Gasteiger partial charge in [0.1, 0.15) is 11.9 Å². The van der Waals surface area contributed by atoms with E-state index in [2.05, 4.69) is 37.4 Å². The van der Waals surface area contributed by atoms with Gasteiger partial charge in [-0.1, -0.05) is 31.0 Å². The Morgan fingerprint density at radius 1 is 1.35 bits per heavy atom. The Morgan fingerprint density at radius 3 is 2.90 bits per heavy atom. The number of ether oxygens (including phenoxy) is 1. The standard InChI is InChI=1S/C18H27NO/c1-3-9-19-13-18(7-4-8-18)12-16-11-15-10-14(2)5-6-17(15)20-16/h5-6,10,16,19H,3-4,7-9,11-13H2,1-2H3. The second kappa shape index (κ2) is 5.77. The molecule has 1 aromatic rings. The van der Waals surface area contributed by atoms with Crippen LogP contribution in [0.3, 0.4) is 0 Å². The molecule has 2 nitrogen and oxygen atoms in total. The fourth-order valence-corrected chi connectivity index (χ4v) is 3.71. The lowest BCUT2D eigenvalue weighted by Gasteiger charge is -2.43. The minimum absolute atomic E-state index is 0.399. The molecule has 1 heterocycles. The van der Waals surface area contributed by atoms with Crippen LogP contribution in [0, 0.1) is 12.3 Å². The van der Waals surface area contributed by atoms with Crippen LogP contribution in [0.2, 0.25) is 0 Å². The van der Waals surface area contributed by atoms with E-state index in [1.807, 2.05) is 0 Å². The molecular weight excluding hydrogens is 246 g/mol. The molecule has 0 aromatic heterocycles. The number of benzene rings is 1. The summed E-state index contributed by atoms with van der Waals surface area (Å²) in [5, 5.41) is 3.63. The van der Waals surface area contributed by atoms with Gasteiger partial charge in [0.25, 0.3) is 0 Å². The molecule has 110 valence electrons. The summed E-state index contributed by atoms with van der Waals surface area (Å²) in [4.78, 5) is 0. The summed E-state index contributed by atoms with van der Waals surface area (Å²) >= 11 is 0. The van der Waals surface area contributed by atoms with Gasteiger partial charge in [-0.2, -0.15) is 0 Å². The van der Waals surface area contributed by atoms with Crippen molar-refractivity contribution < 1.29 is 4.74 Å². The molecule has 20 heavy (non-hydrogen) atoms. The molecule has 0 radical (unpaired) electrons. The van der Waals surface area contributed by atoms with Gasteiger partial charge in [-0.3, -0.25) is 0 Å². The third kappa shape index (κ3) is 2.85. The smallest absolute Gasteiger partial charge is 0.123 e. The van der Waals surface area contributed by atoms with Gasteiger partial charge in [-0.15, -0.1) is 0 Å². The molecule has 2 aliphatic rings. The first-order chi connectivity index (χ1) is 9.71. The largest absolute Gasteiger partial charge is 0.490 e. The van der Waals surface area contributed by atoms with Crippen LogP contribution < -0.4 is 10.1 Å². The molecule has 0 saturated heterocycles. The molecule has 1 aliphatic carbocycles. The zero-order valence-corrected chi connectivity index (χ0v) is 12.9. The second-order valence-electron chi connectivity index (χ2n) is 6.79. The van der Waals surface area contributed by atoms with Gasteiger partial charge >= 0.3 is 0 Å². The first-order valence-electron chi connectivity index (χ1n) is 8.18. The summed E-state index contributed by atoms with van der Waals surface area (Å²) in [5.41, 5.74) is 3.26. The Balaban J connectivity index is 1.58. The molecule has 1 saturated carbocycles. The third-order valence-corrected chi connectivity index (χ3v) is 4.96. The van der Waals surface area contributed by atoms with Crippen LogP contribution >= 0.6 is 0 Å². The summed E-state index contributed by atoms with van der Waals surface area (Å²) in [7, 11) is 0. The lowest BCUT2D eigenvalue weighted by atomic mass is 9.65. The summed E-state index contributed by atoms with van der Waals surface area (Å²) in [6.45, 7) is 6.72. The van der Waals surface area contributed by atoms with E-state index in [1.54, 1.807) is 0 Å². The van der Waals surface area contributed by atoms with E-state index in [4.69, 9.17) is 4.74 Å². The zero-order valence-electron chi connectivity index (χ0n) is 12.9. The molecule has 1 unspecified atom stereocenters. The van der Waals surface area contributed by atoms with Gasteiger partial charge in [-0.25, -0.2) is 0 Å². The van der Waals surface area contributed by atoms with E-state index in [-0.39, 0.29) is 0 Å². The maximum atomic E-state index is 6.17. The van der Waals surface area contributed by atoms with Crippen molar-refractivity contribution in [1.82, 2.24) is 5.32 Å². The predicted octanol–water partition coefficient (Wildman–Crippen LogP) is 3.86. The average molecular weight is 273 g/mol. The molecule has 0 spiro atoms. The number of aryl methyl sites for hydroxylation is 1. The van der Waals surface area contributed by atoms with Gasteiger partial charge in [0.2, 0.25) is 0 Å². The SMILES string of the molecule is CCCNCC1(CC2Cc3cc(C)ccc3O2)CCC1. The topological polar surface area (TPSA) is 21.3 Å². The Morgan fingerprint density at radius 2 is 2.20 bits per heavy atom. The maximum absolute atomic E-state index is 6.17. The third-order valence-electron chi connectivity index (χ3n) is 4.96. The molecule has 0 amide bonds. The van der Waals surface area contributed by atoms with Crippen LogP contribution in [0.25, 0.3) is 0 Å². The number of nitrogens with one attached hydrogen (secondary N) is 1. The molecule has 1 atom stereocenters. The Bertz CT molecular complexity index is 464. The number of hydrogen-bond donors (Lipinski definition) is 1. The molecule has 0 bridgehead atoms. The molecule has 1 fully saturated rings. The first kappa shape index (κ1) is 13.9. The lowest BCUT2D eigenvalue weighted by Crippen LogP contribution is -2.43. The number of fused-ring (bicyclic) bond motifs is 1. The normalized spacial score (nSPS) is 23.0. The molecule has 1 aliphatic heterocycles. The van der Waals surface area contributed by atoms with Crippen molar-refractivity contribution in [3.05, 3.63) is 29.3 Å². The monoisotopic (exact) mass is 273 g/mol. The fraction of sp³-hybridized carbons (Fsp3) is 0.667. The van der Waals surface area contributed by atoms with Gasteiger partial charge < -0.3 is 10.1 Å². The minimum Gasteiger partial charge on any atom is -0.490 e. The van der Waals surface area contributed by atoms with Gasteiger partial charge in [0.15, 0.2) is 0 Å².